The number of nitrogens with zero attached hydrogens (tertiary/aromatic N) is 3. The molecular formula is C34H35ClF2N6O6. The molecule has 4 heterocycles. The zero-order valence-corrected chi connectivity index (χ0v) is 27.6. The minimum atomic E-state index is -0.883. The number of carbonyl (C=O) groups is 4. The Kier molecular flexibility index (Phi) is 11.3. The first kappa shape index (κ1) is 35.1. The van der Waals surface area contributed by atoms with Crippen molar-refractivity contribution in [3.8, 4) is 17.2 Å². The highest BCUT2D eigenvalue weighted by molar-refractivity contribution is 6.30. The van der Waals surface area contributed by atoms with Gasteiger partial charge in [0.05, 0.1) is 12.1 Å². The highest BCUT2D eigenvalue weighted by Gasteiger charge is 2.25. The van der Waals surface area contributed by atoms with Crippen LogP contribution in [0.2, 0.25) is 5.02 Å². The molecule has 12 nitrogen and oxygen atoms in total. The summed E-state index contributed by atoms with van der Waals surface area (Å²) < 4.78 is 42.6. The summed E-state index contributed by atoms with van der Waals surface area (Å²) >= 11 is 6.01. The van der Waals surface area contributed by atoms with Gasteiger partial charge < -0.3 is 30.3 Å². The number of ether oxygens (including phenoxy) is 2. The van der Waals surface area contributed by atoms with Crippen LogP contribution in [0.25, 0.3) is 5.65 Å². The molecule has 258 valence electrons. The van der Waals surface area contributed by atoms with Gasteiger partial charge in [-0.3, -0.25) is 23.6 Å². The van der Waals surface area contributed by atoms with Crippen molar-refractivity contribution in [1.82, 2.24) is 30.2 Å². The van der Waals surface area contributed by atoms with Crippen LogP contribution in [-0.4, -0.2) is 70.7 Å². The van der Waals surface area contributed by atoms with Crippen molar-refractivity contribution < 1.29 is 37.4 Å². The van der Waals surface area contributed by atoms with Gasteiger partial charge in [-0.1, -0.05) is 24.6 Å². The van der Waals surface area contributed by atoms with Gasteiger partial charge in [-0.25, -0.2) is 9.37 Å². The monoisotopic (exact) mass is 696 g/mol. The molecule has 1 atom stereocenters. The molecule has 4 amide bonds. The molecule has 2 aliphatic heterocycles. The maximum absolute atomic E-state index is 15.3. The Morgan fingerprint density at radius 2 is 1.84 bits per heavy atom. The zero-order chi connectivity index (χ0) is 35.1. The van der Waals surface area contributed by atoms with Crippen LogP contribution in [0, 0.1) is 11.8 Å². The molecule has 0 saturated heterocycles. The van der Waals surface area contributed by atoms with Crippen LogP contribution in [0.1, 0.15) is 59.0 Å². The van der Waals surface area contributed by atoms with Crippen LogP contribution in [-0.2, 0) is 16.1 Å². The van der Waals surface area contributed by atoms with Crippen molar-refractivity contribution in [2.45, 2.75) is 45.2 Å². The van der Waals surface area contributed by atoms with E-state index in [1.165, 1.54) is 60.7 Å². The first-order valence-corrected chi connectivity index (χ1v) is 16.1. The van der Waals surface area contributed by atoms with Crippen molar-refractivity contribution in [2.75, 3.05) is 26.7 Å². The summed E-state index contributed by atoms with van der Waals surface area (Å²) in [5.41, 5.74) is 0.446. The predicted molar refractivity (Wildman–Crippen MR) is 176 cm³/mol. The molecule has 2 aliphatic rings. The number of imidazole rings is 1. The number of methoxy groups -OCH3 is 1. The minimum absolute atomic E-state index is 0.00965. The number of hydrogen-bond acceptors (Lipinski definition) is 7. The quantitative estimate of drug-likeness (QED) is 0.283. The van der Waals surface area contributed by atoms with E-state index >= 15 is 8.78 Å². The Morgan fingerprint density at radius 3 is 2.59 bits per heavy atom. The lowest BCUT2D eigenvalue weighted by atomic mass is 10.1. The lowest BCUT2D eigenvalue weighted by Crippen LogP contribution is -2.46. The number of pyridine rings is 1. The van der Waals surface area contributed by atoms with Crippen LogP contribution in [0.3, 0.4) is 0 Å². The Balaban J connectivity index is 1.39. The highest BCUT2D eigenvalue weighted by Crippen LogP contribution is 2.34. The molecule has 0 fully saturated rings. The van der Waals surface area contributed by atoms with Crippen molar-refractivity contribution in [1.29, 1.82) is 0 Å². The maximum Gasteiger partial charge on any atom is 0.277 e. The smallest absolute Gasteiger partial charge is 0.277 e. The SMILES string of the molecule is CC[C@@H]1NC(=O)CCCN(C(=O)c2nc3ccc(Cl)cn3c2F)CCCNC(=O)c2ccc(OC)c(c2)Oc2ccc(cc2F)CNC1=O. The molecule has 3 N–H and O–H groups in total. The number of hydrogen-bond donors (Lipinski definition) is 3. The van der Waals surface area contributed by atoms with Crippen LogP contribution in [0.4, 0.5) is 8.78 Å². The fraction of sp³-hybridized carbons (Fsp3) is 0.324. The van der Waals surface area contributed by atoms with Gasteiger partial charge in [0.15, 0.2) is 28.8 Å². The van der Waals surface area contributed by atoms with E-state index in [4.69, 9.17) is 21.1 Å². The summed E-state index contributed by atoms with van der Waals surface area (Å²) in [5.74, 6) is -3.37. The lowest BCUT2D eigenvalue weighted by molar-refractivity contribution is -0.129. The second kappa shape index (κ2) is 15.8. The molecule has 4 bridgehead atoms. The summed E-state index contributed by atoms with van der Waals surface area (Å²) in [4.78, 5) is 57.9. The first-order chi connectivity index (χ1) is 23.6. The molecule has 2 aromatic carbocycles. The van der Waals surface area contributed by atoms with Crippen molar-refractivity contribution in [2.24, 2.45) is 0 Å². The maximum atomic E-state index is 15.3. The van der Waals surface area contributed by atoms with E-state index in [1.54, 1.807) is 13.0 Å². The molecule has 0 aliphatic carbocycles. The fourth-order valence-corrected chi connectivity index (χ4v) is 5.44. The molecule has 2 aromatic heterocycles. The number of halogens is 3. The molecular weight excluding hydrogens is 662 g/mol. The van der Waals surface area contributed by atoms with Crippen molar-refractivity contribution in [3.63, 3.8) is 0 Å². The third kappa shape index (κ3) is 8.44. The van der Waals surface area contributed by atoms with Gasteiger partial charge in [0.25, 0.3) is 11.8 Å². The second-order valence-corrected chi connectivity index (χ2v) is 11.7. The molecule has 0 unspecified atom stereocenters. The molecule has 6 rings (SSSR count). The summed E-state index contributed by atoms with van der Waals surface area (Å²) in [6, 6.07) is 10.8. The third-order valence-electron chi connectivity index (χ3n) is 7.90. The molecule has 4 aromatic rings. The summed E-state index contributed by atoms with van der Waals surface area (Å²) in [6.45, 7) is 2.03. The van der Waals surface area contributed by atoms with Crippen LogP contribution < -0.4 is 25.4 Å². The van der Waals surface area contributed by atoms with Gasteiger partial charge in [-0.2, -0.15) is 4.39 Å². The van der Waals surface area contributed by atoms with E-state index in [-0.39, 0.29) is 78.9 Å². The average Bonchev–Trinajstić information content (AvgIpc) is 3.42. The number of fused-ring (bicyclic) bond motifs is 17. The number of carbonyl (C=O) groups excluding carboxylic acids is 4. The minimum Gasteiger partial charge on any atom is -0.493 e. The van der Waals surface area contributed by atoms with Gasteiger partial charge in [-0.05, 0) is 67.3 Å². The molecule has 0 spiro atoms. The molecule has 0 saturated carbocycles. The van der Waals surface area contributed by atoms with E-state index in [2.05, 4.69) is 20.9 Å². The zero-order valence-electron chi connectivity index (χ0n) is 26.9. The van der Waals surface area contributed by atoms with E-state index in [0.29, 0.717) is 12.0 Å². The highest BCUT2D eigenvalue weighted by atomic mass is 35.5. The summed E-state index contributed by atoms with van der Waals surface area (Å²) in [5, 5.41) is 8.45. The molecule has 0 radical (unpaired) electrons. The van der Waals surface area contributed by atoms with Gasteiger partial charge in [0.2, 0.25) is 17.8 Å². The normalized spacial score (nSPS) is 16.8. The first-order valence-electron chi connectivity index (χ1n) is 15.7. The Morgan fingerprint density at radius 1 is 1.04 bits per heavy atom. The summed E-state index contributed by atoms with van der Waals surface area (Å²) in [6.07, 6.45) is 2.06. The molecule has 49 heavy (non-hydrogen) atoms. The fourth-order valence-electron chi connectivity index (χ4n) is 5.28. The van der Waals surface area contributed by atoms with Gasteiger partial charge in [0.1, 0.15) is 11.7 Å². The van der Waals surface area contributed by atoms with E-state index in [9.17, 15) is 19.2 Å². The third-order valence-corrected chi connectivity index (χ3v) is 8.13. The summed E-state index contributed by atoms with van der Waals surface area (Å²) in [7, 11) is 1.41. The van der Waals surface area contributed by atoms with Crippen LogP contribution >= 0.6 is 11.6 Å². The molecule has 15 heteroatoms. The van der Waals surface area contributed by atoms with E-state index in [1.807, 2.05) is 0 Å². The van der Waals surface area contributed by atoms with Crippen molar-refractivity contribution >= 4 is 40.9 Å². The van der Waals surface area contributed by atoms with Gasteiger partial charge in [-0.15, -0.1) is 0 Å². The van der Waals surface area contributed by atoms with Gasteiger partial charge in [0, 0.05) is 44.4 Å². The Hall–Kier alpha value is -5.24. The number of rotatable bonds is 3. The average molecular weight is 697 g/mol. The largest absolute Gasteiger partial charge is 0.493 e. The topological polar surface area (TPSA) is 143 Å². The second-order valence-electron chi connectivity index (χ2n) is 11.3. The number of nitrogens with one attached hydrogen (secondary N) is 3. The van der Waals surface area contributed by atoms with E-state index < -0.39 is 47.1 Å². The lowest BCUT2D eigenvalue weighted by Gasteiger charge is -2.22. The van der Waals surface area contributed by atoms with Crippen LogP contribution in [0.5, 0.6) is 17.2 Å². The van der Waals surface area contributed by atoms with Crippen molar-refractivity contribution in [3.05, 3.63) is 88.3 Å². The van der Waals surface area contributed by atoms with Crippen LogP contribution in [0.15, 0.2) is 54.7 Å². The van der Waals surface area contributed by atoms with E-state index in [0.717, 1.165) is 4.40 Å². The number of aromatic nitrogens is 2. The number of amides is 4. The Labute approximate surface area is 285 Å². The Bertz CT molecular complexity index is 1890. The standard InChI is InChI=1S/C34H35ClF2N6O6/c1-3-24-33(46)39-18-20-7-10-25(23(36)16-20)49-27-17-21(8-11-26(27)48-2)32(45)38-13-5-15-42(14-4-6-29(44)40-24)34(47)30-31(37)43-19-22(35)9-12-28(43)41-30/h7-12,16-17,19,24H,3-6,13-15,18H2,1-2H3,(H,38,45)(H,39,46)(H,40,44)/t24-/m0/s1. The predicted octanol–water partition coefficient (Wildman–Crippen LogP) is 4.63. The van der Waals surface area contributed by atoms with Gasteiger partial charge >= 0.3 is 0 Å². The number of benzene rings is 2.